The van der Waals surface area contributed by atoms with E-state index < -0.39 is 10.0 Å². The van der Waals surface area contributed by atoms with Crippen LogP contribution in [0.3, 0.4) is 0 Å². The van der Waals surface area contributed by atoms with Crippen LogP contribution >= 0.6 is 12.2 Å². The summed E-state index contributed by atoms with van der Waals surface area (Å²) in [5, 5.41) is 7.81. The Bertz CT molecular complexity index is 1320. The summed E-state index contributed by atoms with van der Waals surface area (Å²) in [5.74, 6) is -0.361. The van der Waals surface area contributed by atoms with E-state index in [2.05, 4.69) is 15.5 Å². The van der Waals surface area contributed by atoms with E-state index in [-0.39, 0.29) is 15.9 Å². The van der Waals surface area contributed by atoms with Crippen LogP contribution in [0.1, 0.15) is 5.56 Å². The van der Waals surface area contributed by atoms with Gasteiger partial charge in [0.05, 0.1) is 4.90 Å². The Morgan fingerprint density at radius 2 is 1.62 bits per heavy atom. The number of likely N-dealkylation sites (N-methyl/N-ethyl adjacent to an activating group) is 1. The van der Waals surface area contributed by atoms with Gasteiger partial charge in [-0.25, -0.2) is 8.42 Å². The van der Waals surface area contributed by atoms with Gasteiger partial charge in [0.2, 0.25) is 15.9 Å². The zero-order valence-electron chi connectivity index (χ0n) is 18.8. The summed E-state index contributed by atoms with van der Waals surface area (Å²) in [6.45, 7) is 2.37. The minimum atomic E-state index is -3.53. The Labute approximate surface area is 205 Å². The van der Waals surface area contributed by atoms with Crippen LogP contribution in [0.2, 0.25) is 0 Å². The van der Waals surface area contributed by atoms with Gasteiger partial charge in [-0.1, -0.05) is 42.5 Å². The molecule has 0 unspecified atom stereocenters. The van der Waals surface area contributed by atoms with Crippen LogP contribution in [0.15, 0.2) is 77.7 Å². The van der Waals surface area contributed by atoms with E-state index in [0.717, 1.165) is 16.3 Å². The molecule has 0 radical (unpaired) electrons. The second-order valence-corrected chi connectivity index (χ2v) is 10.4. The SMILES string of the molecule is CN1CCN(S(=O)(=O)c2ccc(NC(=S)NC(=O)C=Cc3cccc4ccccc34)cc2)CC1. The molecule has 176 valence electrons. The average molecular weight is 495 g/mol. The van der Waals surface area contributed by atoms with Crippen molar-refractivity contribution < 1.29 is 13.2 Å². The highest BCUT2D eigenvalue weighted by Gasteiger charge is 2.27. The molecule has 0 saturated carbocycles. The van der Waals surface area contributed by atoms with E-state index in [1.54, 1.807) is 30.3 Å². The molecular formula is C25H26N4O3S2. The second kappa shape index (κ2) is 10.4. The van der Waals surface area contributed by atoms with Gasteiger partial charge in [-0.2, -0.15) is 4.31 Å². The van der Waals surface area contributed by atoms with Crippen molar-refractivity contribution in [3.05, 3.63) is 78.4 Å². The zero-order valence-corrected chi connectivity index (χ0v) is 20.4. The first-order valence-electron chi connectivity index (χ1n) is 10.9. The standard InChI is InChI=1S/C25H26N4O3S2/c1-28-15-17-29(18-16-28)34(31,32)22-12-10-21(11-13-22)26-25(33)27-24(30)14-9-20-7-4-6-19-5-2-3-8-23(19)20/h2-14H,15-18H2,1H3,(H2,26,27,30,33). The number of fused-ring (bicyclic) bond motifs is 1. The van der Waals surface area contributed by atoms with Gasteiger partial charge in [0.25, 0.3) is 0 Å². The summed E-state index contributed by atoms with van der Waals surface area (Å²) < 4.78 is 27.2. The number of rotatable bonds is 5. The van der Waals surface area contributed by atoms with Crippen LogP contribution in [0.4, 0.5) is 5.69 Å². The fourth-order valence-corrected chi connectivity index (χ4v) is 5.41. The molecule has 3 aromatic rings. The van der Waals surface area contributed by atoms with Gasteiger partial charge in [-0.3, -0.25) is 10.1 Å². The predicted molar refractivity (Wildman–Crippen MR) is 140 cm³/mol. The number of benzene rings is 3. The third kappa shape index (κ3) is 5.68. The fraction of sp³-hybridized carbons (Fsp3) is 0.200. The molecule has 1 fully saturated rings. The minimum Gasteiger partial charge on any atom is -0.332 e. The Kier molecular flexibility index (Phi) is 7.38. The lowest BCUT2D eigenvalue weighted by Gasteiger charge is -2.31. The molecule has 1 saturated heterocycles. The number of anilines is 1. The van der Waals surface area contributed by atoms with Crippen LogP contribution in [-0.4, -0.2) is 61.9 Å². The molecule has 0 spiro atoms. The van der Waals surface area contributed by atoms with Gasteiger partial charge < -0.3 is 10.2 Å². The average Bonchev–Trinajstić information content (AvgIpc) is 2.83. The van der Waals surface area contributed by atoms with Gasteiger partial charge in [0.15, 0.2) is 5.11 Å². The predicted octanol–water partition coefficient (Wildman–Crippen LogP) is 3.30. The quantitative estimate of drug-likeness (QED) is 0.419. The van der Waals surface area contributed by atoms with Gasteiger partial charge >= 0.3 is 0 Å². The summed E-state index contributed by atoms with van der Waals surface area (Å²) in [6, 6.07) is 20.2. The number of nitrogens with zero attached hydrogens (tertiary/aromatic N) is 2. The number of hydrogen-bond donors (Lipinski definition) is 2. The molecule has 34 heavy (non-hydrogen) atoms. The number of amides is 1. The van der Waals surface area contributed by atoms with E-state index in [0.29, 0.717) is 31.9 Å². The number of sulfonamides is 1. The highest BCUT2D eigenvalue weighted by molar-refractivity contribution is 7.89. The lowest BCUT2D eigenvalue weighted by atomic mass is 10.0. The number of carbonyl (C=O) groups excluding carboxylic acids is 1. The molecule has 2 N–H and O–H groups in total. The Balaban J connectivity index is 1.34. The van der Waals surface area contributed by atoms with Gasteiger partial charge in [-0.15, -0.1) is 0 Å². The Morgan fingerprint density at radius 3 is 2.35 bits per heavy atom. The van der Waals surface area contributed by atoms with E-state index >= 15 is 0 Å². The maximum Gasteiger partial charge on any atom is 0.250 e. The van der Waals surface area contributed by atoms with Crippen molar-refractivity contribution in [1.29, 1.82) is 0 Å². The van der Waals surface area contributed by atoms with E-state index in [4.69, 9.17) is 12.2 Å². The van der Waals surface area contributed by atoms with E-state index in [1.165, 1.54) is 10.4 Å². The van der Waals surface area contributed by atoms with E-state index in [1.807, 2.05) is 49.5 Å². The van der Waals surface area contributed by atoms with Gasteiger partial charge in [0.1, 0.15) is 0 Å². The summed E-state index contributed by atoms with van der Waals surface area (Å²) >= 11 is 5.23. The zero-order chi connectivity index (χ0) is 24.1. The van der Waals surface area contributed by atoms with Crippen LogP contribution in [-0.2, 0) is 14.8 Å². The van der Waals surface area contributed by atoms with Crippen molar-refractivity contribution in [2.24, 2.45) is 0 Å². The van der Waals surface area contributed by atoms with Crippen molar-refractivity contribution in [3.63, 3.8) is 0 Å². The molecular weight excluding hydrogens is 468 g/mol. The summed E-state index contributed by atoms with van der Waals surface area (Å²) in [4.78, 5) is 14.7. The molecule has 0 atom stereocenters. The smallest absolute Gasteiger partial charge is 0.250 e. The van der Waals surface area contributed by atoms with Crippen molar-refractivity contribution in [2.45, 2.75) is 4.90 Å². The molecule has 9 heteroatoms. The highest BCUT2D eigenvalue weighted by atomic mass is 32.2. The number of thiocarbonyl (C=S) groups is 1. The van der Waals surface area contributed by atoms with Crippen LogP contribution in [0, 0.1) is 0 Å². The maximum atomic E-state index is 12.8. The molecule has 1 aliphatic rings. The summed E-state index contributed by atoms with van der Waals surface area (Å²) in [6.07, 6.45) is 3.18. The normalized spacial score (nSPS) is 15.4. The number of nitrogens with one attached hydrogen (secondary N) is 2. The molecule has 7 nitrogen and oxygen atoms in total. The first-order chi connectivity index (χ1) is 16.3. The first kappa shape index (κ1) is 24.0. The number of carbonyl (C=O) groups is 1. The van der Waals surface area contributed by atoms with Crippen LogP contribution in [0.5, 0.6) is 0 Å². The van der Waals surface area contributed by atoms with Crippen molar-refractivity contribution >= 4 is 55.8 Å². The topological polar surface area (TPSA) is 81.8 Å². The molecule has 1 amide bonds. The summed E-state index contributed by atoms with van der Waals surface area (Å²) in [7, 11) is -1.55. The molecule has 0 aromatic heterocycles. The molecule has 4 rings (SSSR count). The van der Waals surface area contributed by atoms with Crippen LogP contribution in [0.25, 0.3) is 16.8 Å². The maximum absolute atomic E-state index is 12.8. The monoisotopic (exact) mass is 494 g/mol. The van der Waals surface area contributed by atoms with Gasteiger partial charge in [-0.05, 0) is 65.9 Å². The molecule has 3 aromatic carbocycles. The minimum absolute atomic E-state index is 0.127. The van der Waals surface area contributed by atoms with Crippen molar-refractivity contribution in [2.75, 3.05) is 38.5 Å². The fourth-order valence-electron chi connectivity index (χ4n) is 3.76. The highest BCUT2D eigenvalue weighted by Crippen LogP contribution is 2.21. The molecule has 1 aliphatic heterocycles. The second-order valence-electron chi connectivity index (χ2n) is 8.08. The summed E-state index contributed by atoms with van der Waals surface area (Å²) in [5.41, 5.74) is 1.52. The van der Waals surface area contributed by atoms with E-state index in [9.17, 15) is 13.2 Å². The van der Waals surface area contributed by atoms with Crippen molar-refractivity contribution in [1.82, 2.24) is 14.5 Å². The van der Waals surface area contributed by atoms with Crippen LogP contribution < -0.4 is 10.6 Å². The third-order valence-electron chi connectivity index (χ3n) is 5.69. The van der Waals surface area contributed by atoms with Crippen molar-refractivity contribution in [3.8, 4) is 0 Å². The largest absolute Gasteiger partial charge is 0.332 e. The third-order valence-corrected chi connectivity index (χ3v) is 7.80. The number of hydrogen-bond acceptors (Lipinski definition) is 5. The Morgan fingerprint density at radius 1 is 0.941 bits per heavy atom. The molecule has 0 aliphatic carbocycles. The number of piperazine rings is 1. The molecule has 1 heterocycles. The first-order valence-corrected chi connectivity index (χ1v) is 12.7. The lowest BCUT2D eigenvalue weighted by molar-refractivity contribution is -0.115. The Hall–Kier alpha value is -3.11. The lowest BCUT2D eigenvalue weighted by Crippen LogP contribution is -2.46. The van der Waals surface area contributed by atoms with Gasteiger partial charge in [0, 0.05) is 37.9 Å². The molecule has 0 bridgehead atoms.